The first-order chi connectivity index (χ1) is 11.3. The molecule has 4 heteroatoms. The summed E-state index contributed by atoms with van der Waals surface area (Å²) < 4.78 is 10.9. The summed E-state index contributed by atoms with van der Waals surface area (Å²) in [5, 5.41) is 0. The summed E-state index contributed by atoms with van der Waals surface area (Å²) in [6, 6.07) is 12.2. The number of hydrogen-bond donors (Lipinski definition) is 0. The molecule has 2 atom stereocenters. The van der Waals surface area contributed by atoms with Crippen molar-refractivity contribution in [3.8, 4) is 5.75 Å². The van der Waals surface area contributed by atoms with E-state index in [2.05, 4.69) is 0 Å². The summed E-state index contributed by atoms with van der Waals surface area (Å²) >= 11 is 0. The van der Waals surface area contributed by atoms with E-state index in [-0.39, 0.29) is 17.7 Å². The molecule has 0 saturated heterocycles. The minimum absolute atomic E-state index is 0.0801. The summed E-state index contributed by atoms with van der Waals surface area (Å²) in [6.07, 6.45) is 4.81. The smallest absolute Gasteiger partial charge is 0.226 e. The molecule has 120 valence electrons. The second-order valence-electron chi connectivity index (χ2n) is 6.47. The zero-order valence-electron chi connectivity index (χ0n) is 13.3. The lowest BCUT2D eigenvalue weighted by Gasteiger charge is -2.23. The molecule has 0 N–H and O–H groups in total. The Kier molecular flexibility index (Phi) is 3.60. The fourth-order valence-corrected chi connectivity index (χ4v) is 3.29. The SMILES string of the molecule is COc1ccccc1CN(C(=O)C1CC1c1ccco1)C1CC1. The number of methoxy groups -OCH3 is 1. The van der Waals surface area contributed by atoms with Gasteiger partial charge in [-0.2, -0.15) is 0 Å². The first kappa shape index (κ1) is 14.4. The van der Waals surface area contributed by atoms with E-state index in [1.165, 1.54) is 0 Å². The Balaban J connectivity index is 1.49. The van der Waals surface area contributed by atoms with Gasteiger partial charge in [-0.3, -0.25) is 4.79 Å². The van der Waals surface area contributed by atoms with E-state index >= 15 is 0 Å². The lowest BCUT2D eigenvalue weighted by molar-refractivity contribution is -0.134. The summed E-state index contributed by atoms with van der Waals surface area (Å²) in [7, 11) is 1.68. The molecule has 2 aliphatic carbocycles. The van der Waals surface area contributed by atoms with E-state index in [4.69, 9.17) is 9.15 Å². The summed E-state index contributed by atoms with van der Waals surface area (Å²) in [4.78, 5) is 15.0. The maximum absolute atomic E-state index is 12.9. The molecule has 2 unspecified atom stereocenters. The Bertz CT molecular complexity index is 690. The minimum atomic E-state index is 0.0801. The standard InChI is InChI=1S/C19H21NO3/c1-22-17-6-3-2-5-13(17)12-20(14-8-9-14)19(21)16-11-15(16)18-7-4-10-23-18/h2-7,10,14-16H,8-9,11-12H2,1H3. The van der Waals surface area contributed by atoms with E-state index < -0.39 is 0 Å². The van der Waals surface area contributed by atoms with Crippen LogP contribution in [0, 0.1) is 5.92 Å². The van der Waals surface area contributed by atoms with Gasteiger partial charge in [0.1, 0.15) is 11.5 Å². The van der Waals surface area contributed by atoms with Crippen molar-refractivity contribution in [1.82, 2.24) is 4.90 Å². The van der Waals surface area contributed by atoms with Crippen LogP contribution >= 0.6 is 0 Å². The van der Waals surface area contributed by atoms with Crippen molar-refractivity contribution in [2.24, 2.45) is 5.92 Å². The minimum Gasteiger partial charge on any atom is -0.496 e. The second kappa shape index (κ2) is 5.76. The van der Waals surface area contributed by atoms with Crippen LogP contribution in [0.2, 0.25) is 0 Å². The number of furan rings is 1. The average Bonchev–Trinajstić information content (AvgIpc) is 3.51. The van der Waals surface area contributed by atoms with Crippen LogP contribution in [0.4, 0.5) is 0 Å². The fraction of sp³-hybridized carbons (Fsp3) is 0.421. The highest BCUT2D eigenvalue weighted by Gasteiger charge is 2.49. The Labute approximate surface area is 136 Å². The molecule has 1 aromatic carbocycles. The van der Waals surface area contributed by atoms with Crippen molar-refractivity contribution in [1.29, 1.82) is 0 Å². The Hall–Kier alpha value is -2.23. The van der Waals surface area contributed by atoms with Crippen molar-refractivity contribution in [3.63, 3.8) is 0 Å². The number of amides is 1. The number of nitrogens with zero attached hydrogens (tertiary/aromatic N) is 1. The van der Waals surface area contributed by atoms with E-state index in [0.29, 0.717) is 12.6 Å². The zero-order valence-corrected chi connectivity index (χ0v) is 13.3. The Morgan fingerprint density at radius 2 is 2.09 bits per heavy atom. The van der Waals surface area contributed by atoms with Gasteiger partial charge >= 0.3 is 0 Å². The summed E-state index contributed by atoms with van der Waals surface area (Å²) in [5.41, 5.74) is 1.07. The zero-order chi connectivity index (χ0) is 15.8. The van der Waals surface area contributed by atoms with Crippen molar-refractivity contribution in [3.05, 3.63) is 54.0 Å². The molecule has 1 aromatic heterocycles. The van der Waals surface area contributed by atoms with Crippen LogP contribution in [0.3, 0.4) is 0 Å². The van der Waals surface area contributed by atoms with E-state index in [9.17, 15) is 4.79 Å². The topological polar surface area (TPSA) is 42.7 Å². The molecule has 0 spiro atoms. The number of hydrogen-bond acceptors (Lipinski definition) is 3. The van der Waals surface area contributed by atoms with Crippen molar-refractivity contribution in [2.75, 3.05) is 7.11 Å². The van der Waals surface area contributed by atoms with Crippen molar-refractivity contribution in [2.45, 2.75) is 37.8 Å². The van der Waals surface area contributed by atoms with Crippen molar-refractivity contribution >= 4 is 5.91 Å². The van der Waals surface area contributed by atoms with Gasteiger partial charge in [0.25, 0.3) is 0 Å². The first-order valence-corrected chi connectivity index (χ1v) is 8.23. The molecule has 0 bridgehead atoms. The van der Waals surface area contributed by atoms with Gasteiger partial charge in [0, 0.05) is 30.0 Å². The van der Waals surface area contributed by atoms with Gasteiger partial charge in [0.15, 0.2) is 0 Å². The quantitative estimate of drug-likeness (QED) is 0.819. The Morgan fingerprint density at radius 3 is 2.78 bits per heavy atom. The monoisotopic (exact) mass is 311 g/mol. The van der Waals surface area contributed by atoms with Crippen LogP contribution in [-0.2, 0) is 11.3 Å². The molecule has 0 aliphatic heterocycles. The van der Waals surface area contributed by atoms with Crippen LogP contribution in [0.15, 0.2) is 47.1 Å². The lowest BCUT2D eigenvalue weighted by Crippen LogP contribution is -2.34. The average molecular weight is 311 g/mol. The van der Waals surface area contributed by atoms with Gasteiger partial charge in [-0.1, -0.05) is 18.2 Å². The number of benzene rings is 1. The molecular weight excluding hydrogens is 290 g/mol. The molecule has 1 heterocycles. The third-order valence-corrected chi connectivity index (χ3v) is 4.82. The summed E-state index contributed by atoms with van der Waals surface area (Å²) in [5.74, 6) is 2.40. The van der Waals surface area contributed by atoms with Crippen molar-refractivity contribution < 1.29 is 13.9 Å². The van der Waals surface area contributed by atoms with Crippen LogP contribution in [0.25, 0.3) is 0 Å². The van der Waals surface area contributed by atoms with Crippen LogP contribution in [0.1, 0.15) is 36.5 Å². The molecule has 2 fully saturated rings. The summed E-state index contributed by atoms with van der Waals surface area (Å²) in [6.45, 7) is 0.634. The molecular formula is C19H21NO3. The molecule has 4 rings (SSSR count). The maximum Gasteiger partial charge on any atom is 0.226 e. The number of ether oxygens (including phenoxy) is 1. The van der Waals surface area contributed by atoms with E-state index in [1.807, 2.05) is 41.3 Å². The fourth-order valence-electron chi connectivity index (χ4n) is 3.29. The van der Waals surface area contributed by atoms with Crippen LogP contribution in [0.5, 0.6) is 5.75 Å². The Morgan fingerprint density at radius 1 is 1.26 bits per heavy atom. The number of carbonyl (C=O) groups excluding carboxylic acids is 1. The highest BCUT2D eigenvalue weighted by molar-refractivity contribution is 5.83. The van der Waals surface area contributed by atoms with E-state index in [1.54, 1.807) is 13.4 Å². The molecule has 4 nitrogen and oxygen atoms in total. The highest BCUT2D eigenvalue weighted by Crippen LogP contribution is 2.49. The largest absolute Gasteiger partial charge is 0.496 e. The molecule has 2 saturated carbocycles. The molecule has 2 aliphatic rings. The van der Waals surface area contributed by atoms with Gasteiger partial charge in [0.05, 0.1) is 13.4 Å². The third kappa shape index (κ3) is 2.85. The molecule has 23 heavy (non-hydrogen) atoms. The van der Waals surface area contributed by atoms with Crippen LogP contribution < -0.4 is 4.74 Å². The van der Waals surface area contributed by atoms with E-state index in [0.717, 1.165) is 36.3 Å². The van der Waals surface area contributed by atoms with Gasteiger partial charge < -0.3 is 14.1 Å². The normalized spacial score (nSPS) is 22.7. The molecule has 2 aromatic rings. The molecule has 1 amide bonds. The third-order valence-electron chi connectivity index (χ3n) is 4.82. The predicted molar refractivity (Wildman–Crippen MR) is 86.1 cm³/mol. The predicted octanol–water partition coefficient (Wildman–Crippen LogP) is 3.58. The maximum atomic E-state index is 12.9. The lowest BCUT2D eigenvalue weighted by atomic mass is 10.1. The number of para-hydroxylation sites is 1. The molecule has 0 radical (unpaired) electrons. The first-order valence-electron chi connectivity index (χ1n) is 8.23. The number of rotatable bonds is 6. The van der Waals surface area contributed by atoms with Gasteiger partial charge in [0.2, 0.25) is 5.91 Å². The number of carbonyl (C=O) groups is 1. The second-order valence-corrected chi connectivity index (χ2v) is 6.47. The van der Waals surface area contributed by atoms with Gasteiger partial charge in [-0.25, -0.2) is 0 Å². The van der Waals surface area contributed by atoms with Crippen LogP contribution in [-0.4, -0.2) is 24.0 Å². The van der Waals surface area contributed by atoms with Gasteiger partial charge in [-0.05, 0) is 37.5 Å². The van der Waals surface area contributed by atoms with Gasteiger partial charge in [-0.15, -0.1) is 0 Å². The highest BCUT2D eigenvalue weighted by atomic mass is 16.5.